The fourth-order valence-corrected chi connectivity index (χ4v) is 1.45. The largest absolute Gasteiger partial charge is 0.346 e. The van der Waals surface area contributed by atoms with Crippen molar-refractivity contribution in [1.29, 1.82) is 0 Å². The van der Waals surface area contributed by atoms with E-state index in [-0.39, 0.29) is 14.1 Å². The number of rotatable bonds is 3. The number of carbonyl (C=O) groups excluding carboxylic acids is 1. The maximum absolute atomic E-state index is 10.5. The molecule has 108 valence electrons. The van der Waals surface area contributed by atoms with Gasteiger partial charge >= 0.3 is 0 Å². The smallest absolute Gasteiger partial charge is 0.222 e. The minimum atomic E-state index is 0. The van der Waals surface area contributed by atoms with Crippen molar-refractivity contribution in [3.8, 4) is 0 Å². The van der Waals surface area contributed by atoms with Crippen LogP contribution in [0.1, 0.15) is 33.6 Å². The first-order chi connectivity index (χ1) is 6.65. The highest BCUT2D eigenvalue weighted by Crippen LogP contribution is 2.04. The summed E-state index contributed by atoms with van der Waals surface area (Å²) in [5.74, 6) is 0.292. The van der Waals surface area contributed by atoms with Gasteiger partial charge in [-0.25, -0.2) is 0 Å². The minimum absolute atomic E-state index is 0. The average Bonchev–Trinajstić information content (AvgIpc) is 2.55. The Morgan fingerprint density at radius 1 is 1.06 bits per heavy atom. The Hall–Kier alpha value is -0.780. The van der Waals surface area contributed by atoms with E-state index in [0.29, 0.717) is 5.91 Å². The van der Waals surface area contributed by atoms with Crippen LogP contribution in [0.25, 0.3) is 0 Å². The highest BCUT2D eigenvalue weighted by molar-refractivity contribution is 5.77. The van der Waals surface area contributed by atoms with Crippen molar-refractivity contribution in [2.45, 2.75) is 33.6 Å². The molecular weight excluding hydrogens is 233 g/mol. The van der Waals surface area contributed by atoms with Crippen molar-refractivity contribution in [2.75, 3.05) is 33.2 Å². The zero-order valence-electron chi connectivity index (χ0n) is 11.3. The van der Waals surface area contributed by atoms with Crippen LogP contribution in [0.5, 0.6) is 0 Å². The predicted molar refractivity (Wildman–Crippen MR) is 67.8 cm³/mol. The number of nitrogens with zero attached hydrogens (tertiary/aromatic N) is 2. The molecule has 6 heteroatoms. The third kappa shape index (κ3) is 11.5. The third-order valence-corrected chi connectivity index (χ3v) is 2.65. The molecule has 1 saturated heterocycles. The Labute approximate surface area is 102 Å². The summed E-state index contributed by atoms with van der Waals surface area (Å²) in [6.07, 6.45) is 1.81. The maximum atomic E-state index is 10.5. The van der Waals surface area contributed by atoms with E-state index in [1.165, 1.54) is 19.6 Å². The molecule has 0 aromatic heterocycles. The molecule has 1 amide bonds. The molecule has 0 spiro atoms. The van der Waals surface area contributed by atoms with Gasteiger partial charge in [0.2, 0.25) is 5.91 Å². The highest BCUT2D eigenvalue weighted by atomic mass is 19.0. The van der Waals surface area contributed by atoms with Gasteiger partial charge in [0.15, 0.2) is 0 Å². The standard InChI is InChI=1S/C6H15N.C5H9NO.3FH/c1-4-7(5-2)6-3;1-6-4-2-3-5(6)7;;;/h4-6H2,1-3H3;2-4H2,1H3;3*1H. The molecule has 0 radical (unpaired) electrons. The molecule has 0 aromatic rings. The Morgan fingerprint density at radius 2 is 1.47 bits per heavy atom. The van der Waals surface area contributed by atoms with Crippen LogP contribution in [0.2, 0.25) is 0 Å². The van der Waals surface area contributed by atoms with Crippen molar-refractivity contribution < 1.29 is 18.9 Å². The van der Waals surface area contributed by atoms with Crippen LogP contribution in [0.15, 0.2) is 0 Å². The summed E-state index contributed by atoms with van der Waals surface area (Å²) in [5.41, 5.74) is 0. The van der Waals surface area contributed by atoms with Crippen LogP contribution >= 0.6 is 0 Å². The van der Waals surface area contributed by atoms with Crippen LogP contribution in [0, 0.1) is 0 Å². The van der Waals surface area contributed by atoms with Crippen LogP contribution in [-0.2, 0) is 4.79 Å². The summed E-state index contributed by atoms with van der Waals surface area (Å²) >= 11 is 0. The van der Waals surface area contributed by atoms with Crippen molar-refractivity contribution in [3.63, 3.8) is 0 Å². The Kier molecular flexibility index (Phi) is 22.5. The van der Waals surface area contributed by atoms with Gasteiger partial charge in [-0.3, -0.25) is 18.9 Å². The van der Waals surface area contributed by atoms with Gasteiger partial charge in [0.05, 0.1) is 0 Å². The summed E-state index contributed by atoms with van der Waals surface area (Å²) < 4.78 is 0. The van der Waals surface area contributed by atoms with Crippen molar-refractivity contribution in [1.82, 2.24) is 9.80 Å². The minimum Gasteiger partial charge on any atom is -0.346 e. The lowest BCUT2D eigenvalue weighted by molar-refractivity contribution is -0.126. The fraction of sp³-hybridized carbons (Fsp3) is 0.909. The Balaban J connectivity index is -0.0000000845. The monoisotopic (exact) mass is 260 g/mol. The first kappa shape index (κ1) is 25.2. The number of likely N-dealkylation sites (tertiary alicyclic amines) is 1. The van der Waals surface area contributed by atoms with Gasteiger partial charge in [0.1, 0.15) is 0 Å². The SMILES string of the molecule is CCN(CC)CC.CN1CCCC1=O.F.F.F. The lowest BCUT2D eigenvalue weighted by Crippen LogP contribution is -2.21. The Morgan fingerprint density at radius 3 is 1.53 bits per heavy atom. The first-order valence-electron chi connectivity index (χ1n) is 5.61. The van der Waals surface area contributed by atoms with E-state index in [1.54, 1.807) is 4.90 Å². The van der Waals surface area contributed by atoms with Crippen molar-refractivity contribution >= 4 is 5.91 Å². The van der Waals surface area contributed by atoms with E-state index >= 15 is 0 Å². The molecule has 0 saturated carbocycles. The number of hydrogen-bond acceptors (Lipinski definition) is 2. The molecule has 1 fully saturated rings. The number of amides is 1. The van der Waals surface area contributed by atoms with Gasteiger partial charge in [0.25, 0.3) is 0 Å². The zero-order chi connectivity index (χ0) is 11.0. The summed E-state index contributed by atoms with van der Waals surface area (Å²) in [6, 6.07) is 0. The second-order valence-corrected chi connectivity index (χ2v) is 3.54. The van der Waals surface area contributed by atoms with Crippen LogP contribution in [0.3, 0.4) is 0 Å². The molecule has 0 atom stereocenters. The molecule has 0 aliphatic carbocycles. The molecular formula is C11H27F3N2O. The van der Waals surface area contributed by atoms with E-state index in [9.17, 15) is 4.79 Å². The van der Waals surface area contributed by atoms with Gasteiger partial charge in [-0.05, 0) is 26.1 Å². The summed E-state index contributed by atoms with van der Waals surface area (Å²) in [6.45, 7) is 11.1. The molecule has 1 rings (SSSR count). The third-order valence-electron chi connectivity index (χ3n) is 2.65. The number of halogens is 3. The van der Waals surface area contributed by atoms with E-state index in [1.807, 2.05) is 7.05 Å². The molecule has 3 nitrogen and oxygen atoms in total. The van der Waals surface area contributed by atoms with Crippen molar-refractivity contribution in [3.05, 3.63) is 0 Å². The highest BCUT2D eigenvalue weighted by Gasteiger charge is 2.14. The predicted octanol–water partition coefficient (Wildman–Crippen LogP) is 2.04. The fourth-order valence-electron chi connectivity index (χ4n) is 1.45. The molecule has 1 heterocycles. The zero-order valence-corrected chi connectivity index (χ0v) is 11.3. The topological polar surface area (TPSA) is 23.6 Å². The van der Waals surface area contributed by atoms with Crippen LogP contribution < -0.4 is 0 Å². The van der Waals surface area contributed by atoms with Gasteiger partial charge in [-0.2, -0.15) is 0 Å². The molecule has 0 unspecified atom stereocenters. The lowest BCUT2D eigenvalue weighted by atomic mass is 10.4. The second kappa shape index (κ2) is 15.2. The van der Waals surface area contributed by atoms with E-state index in [4.69, 9.17) is 0 Å². The van der Waals surface area contributed by atoms with E-state index in [2.05, 4.69) is 25.7 Å². The van der Waals surface area contributed by atoms with Gasteiger partial charge in [0, 0.05) is 20.0 Å². The second-order valence-electron chi connectivity index (χ2n) is 3.54. The van der Waals surface area contributed by atoms with E-state index in [0.717, 1.165) is 19.4 Å². The van der Waals surface area contributed by atoms with E-state index < -0.39 is 0 Å². The molecule has 17 heavy (non-hydrogen) atoms. The van der Waals surface area contributed by atoms with Gasteiger partial charge < -0.3 is 9.80 Å². The summed E-state index contributed by atoms with van der Waals surface area (Å²) in [5, 5.41) is 0. The molecule has 1 aliphatic rings. The molecule has 0 aromatic carbocycles. The maximum Gasteiger partial charge on any atom is 0.222 e. The number of hydrogen-bond donors (Lipinski definition) is 0. The van der Waals surface area contributed by atoms with Crippen LogP contribution in [0.4, 0.5) is 14.1 Å². The summed E-state index contributed by atoms with van der Waals surface area (Å²) in [7, 11) is 1.84. The lowest BCUT2D eigenvalue weighted by Gasteiger charge is -2.13. The van der Waals surface area contributed by atoms with Crippen molar-refractivity contribution in [2.24, 2.45) is 0 Å². The number of carbonyl (C=O) groups is 1. The Bertz CT molecular complexity index is 161. The average molecular weight is 260 g/mol. The van der Waals surface area contributed by atoms with Crippen LogP contribution in [-0.4, -0.2) is 48.9 Å². The van der Waals surface area contributed by atoms with Gasteiger partial charge in [-0.15, -0.1) is 0 Å². The molecule has 0 N–H and O–H groups in total. The first-order valence-corrected chi connectivity index (χ1v) is 5.61. The normalized spacial score (nSPS) is 13.0. The molecule has 1 aliphatic heterocycles. The molecule has 0 bridgehead atoms. The summed E-state index contributed by atoms with van der Waals surface area (Å²) in [4.78, 5) is 14.6. The van der Waals surface area contributed by atoms with Gasteiger partial charge in [-0.1, -0.05) is 20.8 Å². The quantitative estimate of drug-likeness (QED) is 0.775.